The molecule has 1 unspecified atom stereocenters. The first kappa shape index (κ1) is 31.6. The van der Waals surface area contributed by atoms with E-state index in [1.165, 1.54) is 12.1 Å². The predicted octanol–water partition coefficient (Wildman–Crippen LogP) is 5.79. The van der Waals surface area contributed by atoms with Gasteiger partial charge in [0.2, 0.25) is 0 Å². The average Bonchev–Trinajstić information content (AvgIpc) is 3.42. The summed E-state index contributed by atoms with van der Waals surface area (Å²) in [5.41, 5.74) is 2.50. The molecule has 45 heavy (non-hydrogen) atoms. The SMILES string of the molecule is CCOC1=CC=CCC1c1noc(C)c1C(=O)N1CCN(c2cc(NC(=O)c3ccc(N(C)C)cc3)c([N+](=O)[O-])cc2Cl)CC1. The molecular weight excluding hydrogens is 600 g/mol. The van der Waals surface area contributed by atoms with E-state index in [1.54, 1.807) is 36.1 Å². The molecule has 12 nitrogen and oxygen atoms in total. The van der Waals surface area contributed by atoms with E-state index in [-0.39, 0.29) is 28.2 Å². The molecule has 0 bridgehead atoms. The third-order valence-electron chi connectivity index (χ3n) is 7.92. The molecule has 13 heteroatoms. The van der Waals surface area contributed by atoms with Gasteiger partial charge in [0.25, 0.3) is 17.5 Å². The third kappa shape index (κ3) is 6.65. The van der Waals surface area contributed by atoms with E-state index in [1.807, 2.05) is 49.0 Å². The number of carbonyl (C=O) groups is 2. The number of halogens is 1. The van der Waals surface area contributed by atoms with Gasteiger partial charge in [-0.25, -0.2) is 0 Å². The van der Waals surface area contributed by atoms with Crippen LogP contribution in [0, 0.1) is 17.0 Å². The van der Waals surface area contributed by atoms with Gasteiger partial charge in [0.1, 0.15) is 28.5 Å². The summed E-state index contributed by atoms with van der Waals surface area (Å²) in [5.74, 6) is 0.303. The minimum atomic E-state index is -0.579. The molecule has 1 fully saturated rings. The highest BCUT2D eigenvalue weighted by molar-refractivity contribution is 6.33. The number of amides is 2. The van der Waals surface area contributed by atoms with E-state index in [4.69, 9.17) is 20.9 Å². The second-order valence-corrected chi connectivity index (χ2v) is 11.4. The highest BCUT2D eigenvalue weighted by Crippen LogP contribution is 2.38. The van der Waals surface area contributed by atoms with E-state index in [2.05, 4.69) is 10.5 Å². The molecule has 3 aromatic rings. The summed E-state index contributed by atoms with van der Waals surface area (Å²) < 4.78 is 11.3. The Morgan fingerprint density at radius 3 is 2.53 bits per heavy atom. The summed E-state index contributed by atoms with van der Waals surface area (Å²) in [6, 6.07) is 9.67. The molecule has 2 aromatic carbocycles. The van der Waals surface area contributed by atoms with Gasteiger partial charge >= 0.3 is 0 Å². The molecule has 2 aliphatic rings. The molecule has 2 heterocycles. The number of piperazine rings is 1. The van der Waals surface area contributed by atoms with Gasteiger partial charge < -0.3 is 29.3 Å². The van der Waals surface area contributed by atoms with Crippen molar-refractivity contribution >= 4 is 46.2 Å². The fourth-order valence-electron chi connectivity index (χ4n) is 5.52. The van der Waals surface area contributed by atoms with Crippen LogP contribution in [0.15, 0.2) is 64.9 Å². The molecule has 1 N–H and O–H groups in total. The number of hydrogen-bond donors (Lipinski definition) is 1. The smallest absolute Gasteiger partial charge is 0.294 e. The maximum absolute atomic E-state index is 13.8. The Labute approximate surface area is 266 Å². The molecule has 2 amide bonds. The van der Waals surface area contributed by atoms with Crippen LogP contribution < -0.4 is 15.1 Å². The first-order chi connectivity index (χ1) is 21.6. The summed E-state index contributed by atoms with van der Waals surface area (Å²) in [4.78, 5) is 43.7. The van der Waals surface area contributed by atoms with Crippen LogP contribution in [0.25, 0.3) is 0 Å². The van der Waals surface area contributed by atoms with Gasteiger partial charge in [-0.05, 0) is 56.7 Å². The predicted molar refractivity (Wildman–Crippen MR) is 172 cm³/mol. The van der Waals surface area contributed by atoms with E-state index in [0.29, 0.717) is 67.5 Å². The van der Waals surface area contributed by atoms with Gasteiger partial charge in [-0.2, -0.15) is 0 Å². The Morgan fingerprint density at radius 1 is 1.18 bits per heavy atom. The molecule has 1 saturated heterocycles. The topological polar surface area (TPSA) is 134 Å². The number of nitrogens with zero attached hydrogens (tertiary/aromatic N) is 5. The number of anilines is 3. The van der Waals surface area contributed by atoms with Crippen molar-refractivity contribution in [2.75, 3.05) is 62.0 Å². The van der Waals surface area contributed by atoms with Crippen LogP contribution in [-0.2, 0) is 4.74 Å². The van der Waals surface area contributed by atoms with Crippen molar-refractivity contribution in [2.45, 2.75) is 26.2 Å². The lowest BCUT2D eigenvalue weighted by Crippen LogP contribution is -2.49. The molecule has 0 spiro atoms. The largest absolute Gasteiger partial charge is 0.498 e. The Bertz CT molecular complexity index is 1660. The van der Waals surface area contributed by atoms with Crippen molar-refractivity contribution in [1.82, 2.24) is 10.1 Å². The van der Waals surface area contributed by atoms with Crippen molar-refractivity contribution in [3.05, 3.63) is 98.1 Å². The van der Waals surface area contributed by atoms with Crippen LogP contribution >= 0.6 is 11.6 Å². The third-order valence-corrected chi connectivity index (χ3v) is 8.22. The lowest BCUT2D eigenvalue weighted by molar-refractivity contribution is -0.383. The lowest BCUT2D eigenvalue weighted by atomic mass is 9.91. The van der Waals surface area contributed by atoms with E-state index in [9.17, 15) is 19.7 Å². The standard InChI is InChI=1S/C32H35ClN6O6/c1-5-44-28-9-7-6-8-23(28)30-29(20(2)45-35-30)32(41)38-16-14-37(15-17-38)26-19-25(27(39(42)43)18-24(26)33)34-31(40)21-10-12-22(13-11-21)36(3)4/h6-7,9-13,18-19,23H,5,8,14-17H2,1-4H3,(H,34,40). The van der Waals surface area contributed by atoms with Crippen molar-refractivity contribution in [3.8, 4) is 0 Å². The van der Waals surface area contributed by atoms with E-state index >= 15 is 0 Å². The number of aromatic nitrogens is 1. The van der Waals surface area contributed by atoms with Gasteiger partial charge in [-0.15, -0.1) is 0 Å². The average molecular weight is 635 g/mol. The second-order valence-electron chi connectivity index (χ2n) is 11.0. The Balaban J connectivity index is 1.32. The molecule has 1 aliphatic carbocycles. The van der Waals surface area contributed by atoms with Gasteiger partial charge in [0.05, 0.1) is 28.2 Å². The van der Waals surface area contributed by atoms with E-state index in [0.717, 1.165) is 11.4 Å². The molecular formula is C32H35ClN6O6. The number of nitro benzene ring substituents is 1. The lowest BCUT2D eigenvalue weighted by Gasteiger charge is -2.36. The monoisotopic (exact) mass is 634 g/mol. The summed E-state index contributed by atoms with van der Waals surface area (Å²) in [6.45, 7) is 5.71. The van der Waals surface area contributed by atoms with Crippen molar-refractivity contribution < 1.29 is 23.8 Å². The highest BCUT2D eigenvalue weighted by Gasteiger charge is 2.34. The van der Waals surface area contributed by atoms with Crippen LogP contribution in [0.3, 0.4) is 0 Å². The van der Waals surface area contributed by atoms with E-state index < -0.39 is 10.8 Å². The number of rotatable bonds is 9. The van der Waals surface area contributed by atoms with Crippen LogP contribution in [0.4, 0.5) is 22.7 Å². The summed E-state index contributed by atoms with van der Waals surface area (Å²) in [5, 5.41) is 19.0. The quantitative estimate of drug-likeness (QED) is 0.229. The fourth-order valence-corrected chi connectivity index (χ4v) is 5.80. The number of nitro groups is 1. The molecule has 236 valence electrons. The Morgan fingerprint density at radius 2 is 1.89 bits per heavy atom. The van der Waals surface area contributed by atoms with Gasteiger partial charge in [-0.3, -0.25) is 19.7 Å². The summed E-state index contributed by atoms with van der Waals surface area (Å²) in [7, 11) is 3.78. The van der Waals surface area contributed by atoms with Crippen molar-refractivity contribution in [1.29, 1.82) is 0 Å². The number of carbonyl (C=O) groups excluding carboxylic acids is 2. The van der Waals surface area contributed by atoms with Crippen LogP contribution in [0.2, 0.25) is 5.02 Å². The molecule has 5 rings (SSSR count). The molecule has 0 radical (unpaired) electrons. The van der Waals surface area contributed by atoms with Gasteiger partial charge in [0.15, 0.2) is 0 Å². The fraction of sp³-hybridized carbons (Fsp3) is 0.344. The number of allylic oxidation sites excluding steroid dienone is 4. The summed E-state index contributed by atoms with van der Waals surface area (Å²) in [6.07, 6.45) is 6.47. The zero-order valence-corrected chi connectivity index (χ0v) is 26.3. The number of benzene rings is 2. The first-order valence-corrected chi connectivity index (χ1v) is 15.0. The van der Waals surface area contributed by atoms with Crippen LogP contribution in [0.5, 0.6) is 0 Å². The number of hydrogen-bond acceptors (Lipinski definition) is 9. The van der Waals surface area contributed by atoms with Gasteiger partial charge in [-0.1, -0.05) is 28.9 Å². The van der Waals surface area contributed by atoms with Gasteiger partial charge in [0, 0.05) is 57.6 Å². The van der Waals surface area contributed by atoms with Crippen LogP contribution in [-0.4, -0.2) is 73.7 Å². The number of aryl methyl sites for hydroxylation is 1. The Kier molecular flexibility index (Phi) is 9.43. The zero-order chi connectivity index (χ0) is 32.2. The first-order valence-electron chi connectivity index (χ1n) is 14.7. The maximum Gasteiger partial charge on any atom is 0.294 e. The normalized spacial score (nSPS) is 16.3. The molecule has 1 aliphatic heterocycles. The maximum atomic E-state index is 13.8. The number of ether oxygens (including phenoxy) is 1. The molecule has 1 atom stereocenters. The molecule has 1 aromatic heterocycles. The number of nitrogens with one attached hydrogen (secondary N) is 1. The van der Waals surface area contributed by atoms with Crippen molar-refractivity contribution in [2.24, 2.45) is 0 Å². The highest BCUT2D eigenvalue weighted by atomic mass is 35.5. The van der Waals surface area contributed by atoms with Crippen molar-refractivity contribution in [3.63, 3.8) is 0 Å². The second kappa shape index (κ2) is 13.4. The zero-order valence-electron chi connectivity index (χ0n) is 25.6. The summed E-state index contributed by atoms with van der Waals surface area (Å²) >= 11 is 6.54. The minimum Gasteiger partial charge on any atom is -0.498 e. The van der Waals surface area contributed by atoms with Crippen LogP contribution in [0.1, 0.15) is 51.4 Å². The Hall–Kier alpha value is -4.84. The minimum absolute atomic E-state index is 0.0315. The molecule has 0 saturated carbocycles.